The van der Waals surface area contributed by atoms with Gasteiger partial charge >= 0.3 is 0 Å². The van der Waals surface area contributed by atoms with E-state index in [1.165, 1.54) is 0 Å². The van der Waals surface area contributed by atoms with Gasteiger partial charge in [0.05, 0.1) is 6.61 Å². The van der Waals surface area contributed by atoms with Crippen LogP contribution in [-0.4, -0.2) is 22.8 Å². The molecule has 0 aromatic heterocycles. The third-order valence-electron chi connectivity index (χ3n) is 1.62. The van der Waals surface area contributed by atoms with Gasteiger partial charge in [-0.3, -0.25) is 4.79 Å². The zero-order chi connectivity index (χ0) is 12.4. The summed E-state index contributed by atoms with van der Waals surface area (Å²) in [6.45, 7) is 3.86. The number of unbranched alkanes of at least 4 members (excludes halogenated alkanes) is 1. The van der Waals surface area contributed by atoms with Crippen LogP contribution in [0.3, 0.4) is 0 Å². The molecule has 2 N–H and O–H groups in total. The first kappa shape index (κ1) is 14.3. The second-order valence-electron chi connectivity index (χ2n) is 3.19. The third kappa shape index (κ3) is 7.67. The topological polar surface area (TPSA) is 66.8 Å². The fourth-order valence-corrected chi connectivity index (χ4v) is 0.906. The molecule has 0 bridgehead atoms. The lowest BCUT2D eigenvalue weighted by Crippen LogP contribution is -1.96. The summed E-state index contributed by atoms with van der Waals surface area (Å²) in [5.41, 5.74) is 0. The van der Waals surface area contributed by atoms with Crippen LogP contribution in [0.25, 0.3) is 0 Å². The van der Waals surface area contributed by atoms with Crippen LogP contribution < -0.4 is 4.74 Å². The van der Waals surface area contributed by atoms with Crippen molar-refractivity contribution in [1.82, 2.24) is 0 Å². The molecule has 0 amide bonds. The molecule has 0 saturated heterocycles. The molecule has 0 aliphatic carbocycles. The van der Waals surface area contributed by atoms with Gasteiger partial charge in [-0.15, -0.1) is 0 Å². The van der Waals surface area contributed by atoms with Gasteiger partial charge in [-0.05, 0) is 18.6 Å². The molecule has 1 aromatic rings. The lowest BCUT2D eigenvalue weighted by Gasteiger charge is -2.05. The number of para-hydroxylation sites is 2. The Morgan fingerprint density at radius 2 is 1.94 bits per heavy atom. The predicted octanol–water partition coefficient (Wildman–Crippen LogP) is 2.66. The highest BCUT2D eigenvalue weighted by molar-refractivity contribution is 5.62. The molecule has 0 saturated carbocycles. The molecule has 0 atom stereocenters. The zero-order valence-electron chi connectivity index (χ0n) is 9.64. The molecule has 0 heterocycles. The summed E-state index contributed by atoms with van der Waals surface area (Å²) in [6, 6.07) is 7.02. The number of benzene rings is 1. The number of hydrogen-bond acceptors (Lipinski definition) is 3. The Hall–Kier alpha value is -1.71. The molecule has 90 valence electrons. The number of aliphatic carboxylic acids is 1. The summed E-state index contributed by atoms with van der Waals surface area (Å²) in [4.78, 5) is 9.00. The highest BCUT2D eigenvalue weighted by atomic mass is 16.5. The second kappa shape index (κ2) is 8.59. The van der Waals surface area contributed by atoms with E-state index in [0.29, 0.717) is 12.4 Å². The summed E-state index contributed by atoms with van der Waals surface area (Å²) in [5.74, 6) is -0.0421. The first-order valence-electron chi connectivity index (χ1n) is 5.18. The van der Waals surface area contributed by atoms with Gasteiger partial charge in [0.25, 0.3) is 5.97 Å². The number of carbonyl (C=O) groups is 1. The van der Waals surface area contributed by atoms with E-state index in [9.17, 15) is 5.11 Å². The number of ether oxygens (including phenoxy) is 1. The summed E-state index contributed by atoms with van der Waals surface area (Å²) < 4.78 is 5.33. The van der Waals surface area contributed by atoms with E-state index < -0.39 is 5.97 Å². The number of hydrogen-bond donors (Lipinski definition) is 2. The largest absolute Gasteiger partial charge is 0.504 e. The number of phenolic OH excluding ortho intramolecular Hbond substituents is 1. The molecule has 16 heavy (non-hydrogen) atoms. The molecule has 0 aliphatic rings. The molecule has 1 aromatic carbocycles. The first-order valence-corrected chi connectivity index (χ1v) is 5.18. The molecule has 0 unspecified atom stereocenters. The van der Waals surface area contributed by atoms with Crippen molar-refractivity contribution in [2.45, 2.75) is 26.7 Å². The fourth-order valence-electron chi connectivity index (χ4n) is 0.906. The van der Waals surface area contributed by atoms with E-state index >= 15 is 0 Å². The van der Waals surface area contributed by atoms with Crippen LogP contribution >= 0.6 is 0 Å². The quantitative estimate of drug-likeness (QED) is 0.774. The SMILES string of the molecule is CC(=O)O.CCCCOc1ccccc1O. The summed E-state index contributed by atoms with van der Waals surface area (Å²) in [7, 11) is 0. The maximum atomic E-state index is 9.28. The van der Waals surface area contributed by atoms with E-state index in [1.807, 2.05) is 6.07 Å². The summed E-state index contributed by atoms with van der Waals surface area (Å²) in [5, 5.41) is 16.7. The molecule has 0 aliphatic heterocycles. The molecule has 1 rings (SSSR count). The van der Waals surface area contributed by atoms with Gasteiger partial charge in [0, 0.05) is 6.92 Å². The Kier molecular flexibility index (Phi) is 7.67. The normalized spacial score (nSPS) is 8.88. The molecule has 4 nitrogen and oxygen atoms in total. The van der Waals surface area contributed by atoms with Gasteiger partial charge in [-0.1, -0.05) is 25.5 Å². The van der Waals surface area contributed by atoms with E-state index in [1.54, 1.807) is 18.2 Å². The van der Waals surface area contributed by atoms with Gasteiger partial charge in [0.1, 0.15) is 0 Å². The predicted molar refractivity (Wildman–Crippen MR) is 61.8 cm³/mol. The Bertz CT molecular complexity index is 306. The maximum absolute atomic E-state index is 9.28. The fraction of sp³-hybridized carbons (Fsp3) is 0.417. The smallest absolute Gasteiger partial charge is 0.300 e. The van der Waals surface area contributed by atoms with Crippen LogP contribution in [0.15, 0.2) is 24.3 Å². The van der Waals surface area contributed by atoms with Crippen LogP contribution in [0.5, 0.6) is 11.5 Å². The van der Waals surface area contributed by atoms with Crippen LogP contribution in [0, 0.1) is 0 Å². The summed E-state index contributed by atoms with van der Waals surface area (Å²) in [6.07, 6.45) is 2.13. The highest BCUT2D eigenvalue weighted by Crippen LogP contribution is 2.24. The van der Waals surface area contributed by atoms with Crippen molar-refractivity contribution in [3.8, 4) is 11.5 Å². The average Bonchev–Trinajstić information content (AvgIpc) is 2.20. The van der Waals surface area contributed by atoms with Crippen molar-refractivity contribution in [1.29, 1.82) is 0 Å². The number of phenols is 1. The van der Waals surface area contributed by atoms with Crippen LogP contribution in [-0.2, 0) is 4.79 Å². The highest BCUT2D eigenvalue weighted by Gasteiger charge is 1.98. The monoisotopic (exact) mass is 226 g/mol. The molecular weight excluding hydrogens is 208 g/mol. The van der Waals surface area contributed by atoms with Crippen molar-refractivity contribution < 1.29 is 19.7 Å². The van der Waals surface area contributed by atoms with E-state index in [2.05, 4.69) is 6.92 Å². The number of carboxylic acids is 1. The van der Waals surface area contributed by atoms with Crippen molar-refractivity contribution in [2.24, 2.45) is 0 Å². The Balaban J connectivity index is 0.000000487. The van der Waals surface area contributed by atoms with E-state index in [-0.39, 0.29) is 5.75 Å². The standard InChI is InChI=1S/C10H14O2.C2H4O2/c1-2-3-8-12-10-7-5-4-6-9(10)11;1-2(3)4/h4-7,11H,2-3,8H2,1H3;1H3,(H,3,4). The molecule has 4 heteroatoms. The Morgan fingerprint density at radius 1 is 1.38 bits per heavy atom. The van der Waals surface area contributed by atoms with Gasteiger partial charge in [-0.2, -0.15) is 0 Å². The minimum absolute atomic E-state index is 0.216. The Morgan fingerprint density at radius 3 is 2.44 bits per heavy atom. The number of aromatic hydroxyl groups is 1. The van der Waals surface area contributed by atoms with Crippen LogP contribution in [0.4, 0.5) is 0 Å². The maximum Gasteiger partial charge on any atom is 0.300 e. The van der Waals surface area contributed by atoms with Crippen LogP contribution in [0.2, 0.25) is 0 Å². The minimum atomic E-state index is -0.833. The Labute approximate surface area is 95.5 Å². The minimum Gasteiger partial charge on any atom is -0.504 e. The average molecular weight is 226 g/mol. The van der Waals surface area contributed by atoms with Crippen molar-refractivity contribution in [2.75, 3.05) is 6.61 Å². The van der Waals surface area contributed by atoms with Crippen LogP contribution in [0.1, 0.15) is 26.7 Å². The van der Waals surface area contributed by atoms with Gasteiger partial charge in [0.2, 0.25) is 0 Å². The van der Waals surface area contributed by atoms with E-state index in [0.717, 1.165) is 19.8 Å². The van der Waals surface area contributed by atoms with Crippen molar-refractivity contribution >= 4 is 5.97 Å². The lowest BCUT2D eigenvalue weighted by atomic mass is 10.3. The zero-order valence-corrected chi connectivity index (χ0v) is 9.64. The van der Waals surface area contributed by atoms with Crippen molar-refractivity contribution in [3.05, 3.63) is 24.3 Å². The third-order valence-corrected chi connectivity index (χ3v) is 1.62. The molecule has 0 radical (unpaired) electrons. The van der Waals surface area contributed by atoms with Gasteiger partial charge < -0.3 is 14.9 Å². The first-order chi connectivity index (χ1) is 7.57. The summed E-state index contributed by atoms with van der Waals surface area (Å²) >= 11 is 0. The molecule has 0 spiro atoms. The lowest BCUT2D eigenvalue weighted by molar-refractivity contribution is -0.134. The van der Waals surface area contributed by atoms with Crippen molar-refractivity contribution in [3.63, 3.8) is 0 Å². The van der Waals surface area contributed by atoms with E-state index in [4.69, 9.17) is 14.6 Å². The molecule has 0 fully saturated rings. The van der Waals surface area contributed by atoms with Gasteiger partial charge in [0.15, 0.2) is 11.5 Å². The second-order valence-corrected chi connectivity index (χ2v) is 3.19. The van der Waals surface area contributed by atoms with Gasteiger partial charge in [-0.25, -0.2) is 0 Å². The molecular formula is C12H18O4. The number of carboxylic acid groups (broad SMARTS) is 1. The number of rotatable bonds is 4.